The lowest BCUT2D eigenvalue weighted by atomic mass is 9.73. The van der Waals surface area contributed by atoms with E-state index >= 15 is 0 Å². The molecule has 2 aromatic rings. The third-order valence-corrected chi connectivity index (χ3v) is 5.95. The van der Waals surface area contributed by atoms with Crippen molar-refractivity contribution in [3.63, 3.8) is 0 Å². The predicted octanol–water partition coefficient (Wildman–Crippen LogP) is 3.31. The van der Waals surface area contributed by atoms with E-state index in [2.05, 4.69) is 10.3 Å². The summed E-state index contributed by atoms with van der Waals surface area (Å²) in [5.41, 5.74) is 1.60. The molecule has 0 saturated heterocycles. The summed E-state index contributed by atoms with van der Waals surface area (Å²) in [6, 6.07) is 1.84. The molecule has 2 aromatic heterocycles. The largest absolute Gasteiger partial charge is 0.481 e. The zero-order chi connectivity index (χ0) is 18.2. The van der Waals surface area contributed by atoms with Crippen LogP contribution < -0.4 is 5.32 Å². The van der Waals surface area contributed by atoms with E-state index in [1.165, 1.54) is 11.3 Å². The van der Waals surface area contributed by atoms with Gasteiger partial charge < -0.3 is 10.4 Å². The Morgan fingerprint density at radius 1 is 1.40 bits per heavy atom. The summed E-state index contributed by atoms with van der Waals surface area (Å²) < 4.78 is 1.96. The molecule has 1 amide bonds. The number of hydrogen-bond donors (Lipinski definition) is 2. The van der Waals surface area contributed by atoms with Crippen molar-refractivity contribution in [1.29, 1.82) is 0 Å². The lowest BCUT2D eigenvalue weighted by Crippen LogP contribution is -2.55. The van der Waals surface area contributed by atoms with Crippen molar-refractivity contribution in [2.24, 2.45) is 5.92 Å². The molecule has 0 radical (unpaired) electrons. The first-order chi connectivity index (χ1) is 11.8. The van der Waals surface area contributed by atoms with E-state index in [0.717, 1.165) is 29.4 Å². The Kier molecular flexibility index (Phi) is 4.69. The van der Waals surface area contributed by atoms with Crippen LogP contribution in [0.4, 0.5) is 0 Å². The lowest BCUT2D eigenvalue weighted by Gasteiger charge is -2.39. The Morgan fingerprint density at radius 2 is 2.16 bits per heavy atom. The Hall–Kier alpha value is -2.15. The minimum absolute atomic E-state index is 0.216. The average Bonchev–Trinajstić information content (AvgIpc) is 3.15. The van der Waals surface area contributed by atoms with E-state index in [1.54, 1.807) is 6.20 Å². The topological polar surface area (TPSA) is 84.2 Å². The first-order valence-electron chi connectivity index (χ1n) is 8.47. The summed E-state index contributed by atoms with van der Waals surface area (Å²) in [5, 5.41) is 15.3. The second-order valence-corrected chi connectivity index (χ2v) is 7.82. The van der Waals surface area contributed by atoms with Crippen LogP contribution in [0.3, 0.4) is 0 Å². The number of amides is 1. The number of thiazole rings is 1. The molecule has 1 fully saturated rings. The van der Waals surface area contributed by atoms with Crippen molar-refractivity contribution in [3.8, 4) is 5.13 Å². The van der Waals surface area contributed by atoms with Crippen molar-refractivity contribution in [1.82, 2.24) is 14.9 Å². The molecule has 7 heteroatoms. The van der Waals surface area contributed by atoms with E-state index in [-0.39, 0.29) is 5.91 Å². The van der Waals surface area contributed by atoms with Crippen LogP contribution in [0, 0.1) is 19.8 Å². The summed E-state index contributed by atoms with van der Waals surface area (Å²) in [6.07, 6.45) is 4.84. The molecular formula is C18H23N3O3S. The molecule has 0 bridgehead atoms. The number of carbonyl (C=O) groups is 2. The number of carboxylic acids is 1. The number of aliphatic carboxylic acids is 1. The number of carboxylic acid groups (broad SMARTS) is 1. The minimum Gasteiger partial charge on any atom is -0.481 e. The van der Waals surface area contributed by atoms with Gasteiger partial charge in [0.1, 0.15) is 0 Å². The second kappa shape index (κ2) is 6.63. The molecule has 1 aliphatic rings. The Bertz CT molecular complexity index is 797. The van der Waals surface area contributed by atoms with Gasteiger partial charge in [-0.2, -0.15) is 0 Å². The average molecular weight is 361 g/mol. The minimum atomic E-state index is -0.837. The van der Waals surface area contributed by atoms with Crippen LogP contribution in [0.5, 0.6) is 0 Å². The molecule has 3 rings (SSSR count). The van der Waals surface area contributed by atoms with Crippen LogP contribution >= 0.6 is 11.3 Å². The molecule has 0 aromatic carbocycles. The summed E-state index contributed by atoms with van der Waals surface area (Å²) in [7, 11) is 0. The number of carbonyl (C=O) groups excluding carboxylic acids is 1. The molecule has 6 nitrogen and oxygen atoms in total. The van der Waals surface area contributed by atoms with E-state index in [0.29, 0.717) is 18.4 Å². The van der Waals surface area contributed by atoms with Crippen molar-refractivity contribution in [2.45, 2.75) is 52.0 Å². The predicted molar refractivity (Wildman–Crippen MR) is 96.4 cm³/mol. The van der Waals surface area contributed by atoms with E-state index < -0.39 is 17.4 Å². The SMILES string of the molecule is Cc1cc(C(=O)NC2(C)CCCCC2C(=O)O)c(C)n1-c1nccs1. The molecule has 2 unspecified atom stereocenters. The van der Waals surface area contributed by atoms with Crippen molar-refractivity contribution < 1.29 is 14.7 Å². The molecule has 25 heavy (non-hydrogen) atoms. The van der Waals surface area contributed by atoms with Crippen LogP contribution in [-0.4, -0.2) is 32.1 Å². The maximum Gasteiger partial charge on any atom is 0.308 e. The molecule has 134 valence electrons. The first kappa shape index (κ1) is 17.7. The standard InChI is InChI=1S/C18H23N3O3S/c1-11-10-13(12(2)21(11)17-19-8-9-25-17)15(22)20-18(3)7-5-4-6-14(18)16(23)24/h8-10,14H,4-7H2,1-3H3,(H,20,22)(H,23,24). The molecule has 2 atom stereocenters. The monoisotopic (exact) mass is 361 g/mol. The Labute approximate surface area is 150 Å². The van der Waals surface area contributed by atoms with Crippen molar-refractivity contribution in [3.05, 3.63) is 34.6 Å². The highest BCUT2D eigenvalue weighted by molar-refractivity contribution is 7.12. The van der Waals surface area contributed by atoms with E-state index in [4.69, 9.17) is 0 Å². The smallest absolute Gasteiger partial charge is 0.308 e. The number of rotatable bonds is 4. The van der Waals surface area contributed by atoms with Gasteiger partial charge >= 0.3 is 5.97 Å². The zero-order valence-corrected chi connectivity index (χ0v) is 15.5. The highest BCUT2D eigenvalue weighted by Crippen LogP contribution is 2.34. The number of nitrogens with one attached hydrogen (secondary N) is 1. The van der Waals surface area contributed by atoms with Crippen LogP contribution in [0.2, 0.25) is 0 Å². The molecule has 0 spiro atoms. The summed E-state index contributed by atoms with van der Waals surface area (Å²) >= 11 is 1.51. The van der Waals surface area contributed by atoms with Crippen molar-refractivity contribution >= 4 is 23.2 Å². The van der Waals surface area contributed by atoms with Crippen LogP contribution in [-0.2, 0) is 4.79 Å². The maximum absolute atomic E-state index is 12.9. The summed E-state index contributed by atoms with van der Waals surface area (Å²) in [5.74, 6) is -1.60. The number of aryl methyl sites for hydroxylation is 1. The Balaban J connectivity index is 1.89. The van der Waals surface area contributed by atoms with Crippen LogP contribution in [0.1, 0.15) is 54.4 Å². The van der Waals surface area contributed by atoms with Gasteiger partial charge in [0.15, 0.2) is 5.13 Å². The van der Waals surface area contributed by atoms with Gasteiger partial charge in [-0.25, -0.2) is 4.98 Å². The molecular weight excluding hydrogens is 338 g/mol. The highest BCUT2D eigenvalue weighted by Gasteiger charge is 2.42. The summed E-state index contributed by atoms with van der Waals surface area (Å²) in [6.45, 7) is 5.68. The quantitative estimate of drug-likeness (QED) is 0.875. The van der Waals surface area contributed by atoms with Crippen LogP contribution in [0.15, 0.2) is 17.6 Å². The molecule has 1 aliphatic carbocycles. The van der Waals surface area contributed by atoms with E-state index in [9.17, 15) is 14.7 Å². The van der Waals surface area contributed by atoms with Gasteiger partial charge in [-0.05, 0) is 39.7 Å². The van der Waals surface area contributed by atoms with Crippen LogP contribution in [0.25, 0.3) is 5.13 Å². The molecule has 2 N–H and O–H groups in total. The highest BCUT2D eigenvalue weighted by atomic mass is 32.1. The number of hydrogen-bond acceptors (Lipinski definition) is 4. The normalized spacial score (nSPS) is 23.4. The van der Waals surface area contributed by atoms with Gasteiger partial charge in [-0.3, -0.25) is 14.2 Å². The number of nitrogens with zero attached hydrogens (tertiary/aromatic N) is 2. The number of aromatic nitrogens is 2. The fourth-order valence-electron chi connectivity index (χ4n) is 3.82. The molecule has 1 saturated carbocycles. The summed E-state index contributed by atoms with van der Waals surface area (Å²) in [4.78, 5) is 28.8. The van der Waals surface area contributed by atoms with Gasteiger partial charge in [0.25, 0.3) is 5.91 Å². The van der Waals surface area contributed by atoms with Gasteiger partial charge in [0, 0.05) is 23.0 Å². The molecule has 0 aliphatic heterocycles. The van der Waals surface area contributed by atoms with Gasteiger partial charge in [0.05, 0.1) is 17.0 Å². The second-order valence-electron chi connectivity index (χ2n) is 6.94. The van der Waals surface area contributed by atoms with E-state index in [1.807, 2.05) is 36.8 Å². The zero-order valence-electron chi connectivity index (χ0n) is 14.7. The first-order valence-corrected chi connectivity index (χ1v) is 9.35. The third-order valence-electron chi connectivity index (χ3n) is 5.19. The lowest BCUT2D eigenvalue weighted by molar-refractivity contribution is -0.145. The van der Waals surface area contributed by atoms with Crippen molar-refractivity contribution in [2.75, 3.05) is 0 Å². The van der Waals surface area contributed by atoms with Gasteiger partial charge in [0.2, 0.25) is 0 Å². The fraction of sp³-hybridized carbons (Fsp3) is 0.500. The maximum atomic E-state index is 12.9. The van der Waals surface area contributed by atoms with Gasteiger partial charge in [-0.15, -0.1) is 11.3 Å². The van der Waals surface area contributed by atoms with Gasteiger partial charge in [-0.1, -0.05) is 12.8 Å². The molecule has 2 heterocycles. The fourth-order valence-corrected chi connectivity index (χ4v) is 4.57. The Morgan fingerprint density at radius 3 is 2.80 bits per heavy atom. The third kappa shape index (κ3) is 3.20.